The van der Waals surface area contributed by atoms with Gasteiger partial charge in [0.05, 0.1) is 7.11 Å². The summed E-state index contributed by atoms with van der Waals surface area (Å²) < 4.78 is 34.9. The first-order valence-corrected chi connectivity index (χ1v) is 7.33. The number of aromatic nitrogens is 2. The monoisotopic (exact) mass is 299 g/mol. The molecule has 2 heterocycles. The molecule has 7 nitrogen and oxygen atoms in total. The Morgan fingerprint density at radius 1 is 1.42 bits per heavy atom. The molecule has 0 radical (unpaired) electrons. The molecule has 0 saturated carbocycles. The summed E-state index contributed by atoms with van der Waals surface area (Å²) >= 11 is 1.11. The fourth-order valence-electron chi connectivity index (χ4n) is 1.32. The number of carbonyl (C=O) groups is 1. The average Bonchev–Trinajstić information content (AvgIpc) is 2.90. The molecular weight excluding hydrogens is 290 g/mol. The first-order chi connectivity index (χ1) is 9.04. The molecule has 0 saturated heterocycles. The van der Waals surface area contributed by atoms with Gasteiger partial charge in [0.25, 0.3) is 10.0 Å². The van der Waals surface area contributed by atoms with Crippen LogP contribution in [0.1, 0.15) is 10.5 Å². The van der Waals surface area contributed by atoms with Crippen LogP contribution in [-0.4, -0.2) is 30.9 Å². The Morgan fingerprint density at radius 3 is 2.84 bits per heavy atom. The number of anilines is 1. The zero-order valence-corrected chi connectivity index (χ0v) is 11.4. The van der Waals surface area contributed by atoms with Crippen molar-refractivity contribution < 1.29 is 17.9 Å². The van der Waals surface area contributed by atoms with Crippen LogP contribution in [0.2, 0.25) is 0 Å². The van der Waals surface area contributed by atoms with Gasteiger partial charge in [-0.1, -0.05) is 0 Å². The normalized spacial score (nSPS) is 11.0. The van der Waals surface area contributed by atoms with Gasteiger partial charge in [0.1, 0.15) is 4.90 Å². The van der Waals surface area contributed by atoms with Gasteiger partial charge in [-0.3, -0.25) is 4.72 Å². The summed E-state index contributed by atoms with van der Waals surface area (Å²) in [5.41, 5.74) is -0.271. The minimum absolute atomic E-state index is 0.185. The van der Waals surface area contributed by atoms with Gasteiger partial charge >= 0.3 is 5.97 Å². The van der Waals surface area contributed by atoms with Crippen LogP contribution in [0.5, 0.6) is 0 Å². The molecule has 2 rings (SSSR count). The first kappa shape index (κ1) is 13.4. The molecule has 2 aromatic rings. The molecule has 19 heavy (non-hydrogen) atoms. The van der Waals surface area contributed by atoms with Crippen molar-refractivity contribution in [3.63, 3.8) is 0 Å². The highest BCUT2D eigenvalue weighted by atomic mass is 32.2. The van der Waals surface area contributed by atoms with E-state index < -0.39 is 16.0 Å². The van der Waals surface area contributed by atoms with Crippen molar-refractivity contribution in [3.05, 3.63) is 35.5 Å². The molecule has 1 N–H and O–H groups in total. The van der Waals surface area contributed by atoms with Crippen LogP contribution in [0.4, 0.5) is 5.82 Å². The van der Waals surface area contributed by atoms with Gasteiger partial charge < -0.3 is 4.74 Å². The summed E-state index contributed by atoms with van der Waals surface area (Å²) in [6.45, 7) is 0. The van der Waals surface area contributed by atoms with E-state index in [0.717, 1.165) is 18.6 Å². The first-order valence-electron chi connectivity index (χ1n) is 5.01. The molecule has 0 fully saturated rings. The van der Waals surface area contributed by atoms with Crippen molar-refractivity contribution in [1.29, 1.82) is 0 Å². The highest BCUT2D eigenvalue weighted by molar-refractivity contribution is 7.92. The number of nitrogens with one attached hydrogen (secondary N) is 1. The summed E-state index contributed by atoms with van der Waals surface area (Å²) in [5.74, 6) is -0.635. The van der Waals surface area contributed by atoms with Crippen molar-refractivity contribution in [2.24, 2.45) is 0 Å². The minimum Gasteiger partial charge on any atom is -0.464 e. The number of sulfonamides is 1. The van der Waals surface area contributed by atoms with E-state index in [1.54, 1.807) is 5.38 Å². The fourth-order valence-corrected chi connectivity index (χ4v) is 2.99. The number of hydrogen-bond acceptors (Lipinski definition) is 7. The third-order valence-corrected chi connectivity index (χ3v) is 4.06. The Balaban J connectivity index is 2.43. The Bertz CT molecular complexity index is 683. The highest BCUT2D eigenvalue weighted by Gasteiger charge is 2.24. The third-order valence-electron chi connectivity index (χ3n) is 2.12. The number of carbonyl (C=O) groups excluding carboxylic acids is 1. The van der Waals surface area contributed by atoms with E-state index in [0.29, 0.717) is 0 Å². The predicted molar refractivity (Wildman–Crippen MR) is 68.5 cm³/mol. The lowest BCUT2D eigenvalue weighted by Crippen LogP contribution is -2.18. The topological polar surface area (TPSA) is 98.2 Å². The molecule has 0 amide bonds. The van der Waals surface area contributed by atoms with Crippen molar-refractivity contribution in [1.82, 2.24) is 9.36 Å². The van der Waals surface area contributed by atoms with Crippen LogP contribution < -0.4 is 4.72 Å². The van der Waals surface area contributed by atoms with E-state index in [9.17, 15) is 13.2 Å². The molecule has 0 aromatic carbocycles. The zero-order valence-electron chi connectivity index (χ0n) is 9.73. The molecule has 0 bridgehead atoms. The van der Waals surface area contributed by atoms with Gasteiger partial charge in [0.2, 0.25) is 0 Å². The molecule has 0 aliphatic heterocycles. The van der Waals surface area contributed by atoms with Crippen LogP contribution in [0, 0.1) is 0 Å². The Kier molecular flexibility index (Phi) is 3.76. The van der Waals surface area contributed by atoms with Gasteiger partial charge in [0.15, 0.2) is 11.5 Å². The molecule has 0 spiro atoms. The quantitative estimate of drug-likeness (QED) is 0.850. The largest absolute Gasteiger partial charge is 0.464 e. The molecule has 0 aliphatic carbocycles. The van der Waals surface area contributed by atoms with Crippen molar-refractivity contribution in [3.8, 4) is 0 Å². The maximum Gasteiger partial charge on any atom is 0.358 e. The standard InChI is InChI=1S/C10H9N3O4S2/c1-17-10(14)9-7(3-2-5-11-9)19(15,16)13-8-4-6-18-12-8/h2-6H,1H3,(H,12,13). The number of hydrogen-bond donors (Lipinski definition) is 1. The van der Waals surface area contributed by atoms with E-state index >= 15 is 0 Å². The maximum atomic E-state index is 12.1. The lowest BCUT2D eigenvalue weighted by Gasteiger charge is -2.08. The molecule has 100 valence electrons. The number of methoxy groups -OCH3 is 1. The van der Waals surface area contributed by atoms with E-state index in [4.69, 9.17) is 0 Å². The number of pyridine rings is 1. The van der Waals surface area contributed by atoms with Gasteiger partial charge in [-0.15, -0.1) is 0 Å². The highest BCUT2D eigenvalue weighted by Crippen LogP contribution is 2.18. The summed E-state index contributed by atoms with van der Waals surface area (Å²) in [7, 11) is -2.78. The molecule has 0 aliphatic rings. The molecular formula is C10H9N3O4S2. The van der Waals surface area contributed by atoms with Crippen molar-refractivity contribution in [2.75, 3.05) is 11.8 Å². The van der Waals surface area contributed by atoms with E-state index in [1.165, 1.54) is 24.4 Å². The molecule has 0 atom stereocenters. The summed E-state index contributed by atoms with van der Waals surface area (Å²) in [6.07, 6.45) is 1.31. The second-order valence-electron chi connectivity index (χ2n) is 3.33. The second-order valence-corrected chi connectivity index (χ2v) is 5.65. The van der Waals surface area contributed by atoms with Crippen LogP contribution in [0.3, 0.4) is 0 Å². The number of esters is 1. The van der Waals surface area contributed by atoms with E-state index in [1.807, 2.05) is 0 Å². The molecule has 0 unspecified atom stereocenters. The van der Waals surface area contributed by atoms with Crippen LogP contribution in [0.15, 0.2) is 34.7 Å². The average molecular weight is 299 g/mol. The molecule has 9 heteroatoms. The Labute approximate surface area is 113 Å². The van der Waals surface area contributed by atoms with Crippen molar-refractivity contribution >= 4 is 33.3 Å². The van der Waals surface area contributed by atoms with Gasteiger partial charge in [-0.05, 0) is 29.7 Å². The zero-order chi connectivity index (χ0) is 13.9. The Morgan fingerprint density at radius 2 is 2.21 bits per heavy atom. The summed E-state index contributed by atoms with van der Waals surface area (Å²) in [4.78, 5) is 15.0. The van der Waals surface area contributed by atoms with Crippen molar-refractivity contribution in [2.45, 2.75) is 4.90 Å². The van der Waals surface area contributed by atoms with Crippen LogP contribution in [-0.2, 0) is 14.8 Å². The maximum absolute atomic E-state index is 12.1. The third kappa shape index (κ3) is 2.88. The minimum atomic E-state index is -3.94. The summed E-state index contributed by atoms with van der Waals surface area (Å²) in [5, 5.41) is 1.63. The number of nitrogens with zero attached hydrogens (tertiary/aromatic N) is 2. The second kappa shape index (κ2) is 5.33. The molecule has 2 aromatic heterocycles. The predicted octanol–water partition coefficient (Wildman–Crippen LogP) is 1.13. The fraction of sp³-hybridized carbons (Fsp3) is 0.100. The van der Waals surface area contributed by atoms with E-state index in [-0.39, 0.29) is 16.4 Å². The van der Waals surface area contributed by atoms with Gasteiger partial charge in [-0.25, -0.2) is 18.2 Å². The van der Waals surface area contributed by atoms with Gasteiger partial charge in [-0.2, -0.15) is 4.37 Å². The smallest absolute Gasteiger partial charge is 0.358 e. The number of rotatable bonds is 4. The lowest BCUT2D eigenvalue weighted by atomic mass is 10.3. The SMILES string of the molecule is COC(=O)c1ncccc1S(=O)(=O)Nc1ccsn1. The Hall–Kier alpha value is -2.00. The van der Waals surface area contributed by atoms with E-state index in [2.05, 4.69) is 18.8 Å². The van der Waals surface area contributed by atoms with Gasteiger partial charge in [0, 0.05) is 11.6 Å². The summed E-state index contributed by atoms with van der Waals surface area (Å²) in [6, 6.07) is 4.20. The van der Waals surface area contributed by atoms with Crippen LogP contribution in [0.25, 0.3) is 0 Å². The number of ether oxygens (including phenoxy) is 1. The van der Waals surface area contributed by atoms with Crippen LogP contribution >= 0.6 is 11.5 Å². The lowest BCUT2D eigenvalue weighted by molar-refractivity contribution is 0.0589.